The van der Waals surface area contributed by atoms with Crippen molar-refractivity contribution in [3.8, 4) is 0 Å². The highest BCUT2D eigenvalue weighted by molar-refractivity contribution is 14.0. The third kappa shape index (κ3) is 6.58. The third-order valence-electron chi connectivity index (χ3n) is 5.44. The molecule has 0 aliphatic carbocycles. The van der Waals surface area contributed by atoms with E-state index in [2.05, 4.69) is 36.3 Å². The summed E-state index contributed by atoms with van der Waals surface area (Å²) in [6.07, 6.45) is 1.27. The summed E-state index contributed by atoms with van der Waals surface area (Å²) >= 11 is 0. The number of amides is 2. The van der Waals surface area contributed by atoms with Gasteiger partial charge in [-0.2, -0.15) is 0 Å². The number of nitrogens with one attached hydrogen (secondary N) is 2. The van der Waals surface area contributed by atoms with E-state index in [1.807, 2.05) is 24.3 Å². The maximum atomic E-state index is 12.6. The normalized spacial score (nSPS) is 22.2. The summed E-state index contributed by atoms with van der Waals surface area (Å²) in [7, 11) is 0. The minimum atomic E-state index is -0.104. The molecule has 0 spiro atoms. The Hall–Kier alpha value is -1.84. The molecule has 1 aromatic rings. The first kappa shape index (κ1) is 24.4. The number of guanidine groups is 1. The first-order valence-electron chi connectivity index (χ1n) is 10.6. The quantitative estimate of drug-likeness (QED) is 0.358. The van der Waals surface area contributed by atoms with Gasteiger partial charge in [0.2, 0.25) is 5.91 Å². The number of benzene rings is 1. The SMILES string of the molecule is CCNC(=NCc1ccc(C(=O)N2CCNC(=O)C2)cc1)N1CC(C)CC(C)C1.I. The number of halogens is 1. The van der Waals surface area contributed by atoms with Crippen LogP contribution in [0, 0.1) is 11.8 Å². The van der Waals surface area contributed by atoms with Crippen molar-refractivity contribution in [3.05, 3.63) is 35.4 Å². The highest BCUT2D eigenvalue weighted by Crippen LogP contribution is 2.21. The second-order valence-corrected chi connectivity index (χ2v) is 8.29. The number of carbonyl (C=O) groups excluding carboxylic acids is 2. The molecule has 166 valence electrons. The fourth-order valence-corrected chi connectivity index (χ4v) is 4.18. The van der Waals surface area contributed by atoms with E-state index in [-0.39, 0.29) is 42.3 Å². The zero-order valence-electron chi connectivity index (χ0n) is 18.2. The lowest BCUT2D eigenvalue weighted by Gasteiger charge is -2.37. The van der Waals surface area contributed by atoms with Crippen molar-refractivity contribution in [2.75, 3.05) is 39.3 Å². The molecule has 2 aliphatic rings. The summed E-state index contributed by atoms with van der Waals surface area (Å²) in [5.74, 6) is 2.10. The minimum absolute atomic E-state index is 0. The van der Waals surface area contributed by atoms with Gasteiger partial charge in [-0.3, -0.25) is 9.59 Å². The number of carbonyl (C=O) groups is 2. The lowest BCUT2D eigenvalue weighted by Crippen LogP contribution is -2.49. The number of likely N-dealkylation sites (tertiary alicyclic amines) is 1. The molecular formula is C22H34IN5O2. The van der Waals surface area contributed by atoms with E-state index in [1.54, 1.807) is 4.90 Å². The lowest BCUT2D eigenvalue weighted by molar-refractivity contribution is -0.123. The first-order valence-corrected chi connectivity index (χ1v) is 10.6. The summed E-state index contributed by atoms with van der Waals surface area (Å²) in [6, 6.07) is 7.56. The Morgan fingerprint density at radius 3 is 2.43 bits per heavy atom. The molecule has 2 N–H and O–H groups in total. The van der Waals surface area contributed by atoms with E-state index in [0.717, 1.165) is 31.2 Å². The van der Waals surface area contributed by atoms with Gasteiger partial charge in [0.05, 0.1) is 13.1 Å². The fraction of sp³-hybridized carbons (Fsp3) is 0.591. The van der Waals surface area contributed by atoms with E-state index in [0.29, 0.717) is 37.0 Å². The molecule has 0 bridgehead atoms. The second kappa shape index (κ2) is 11.5. The molecule has 8 heteroatoms. The molecule has 3 rings (SSSR count). The van der Waals surface area contributed by atoms with Gasteiger partial charge in [0.15, 0.2) is 5.96 Å². The second-order valence-electron chi connectivity index (χ2n) is 8.29. The van der Waals surface area contributed by atoms with Gasteiger partial charge in [-0.25, -0.2) is 4.99 Å². The number of rotatable bonds is 4. The molecule has 2 aliphatic heterocycles. The highest BCUT2D eigenvalue weighted by atomic mass is 127. The molecular weight excluding hydrogens is 493 g/mol. The molecule has 30 heavy (non-hydrogen) atoms. The van der Waals surface area contributed by atoms with Gasteiger partial charge in [-0.1, -0.05) is 26.0 Å². The van der Waals surface area contributed by atoms with Crippen molar-refractivity contribution in [2.24, 2.45) is 16.8 Å². The van der Waals surface area contributed by atoms with Gasteiger partial charge in [0.25, 0.3) is 5.91 Å². The van der Waals surface area contributed by atoms with Crippen LogP contribution in [0.1, 0.15) is 43.1 Å². The average Bonchev–Trinajstić information content (AvgIpc) is 2.70. The number of nitrogens with zero attached hydrogens (tertiary/aromatic N) is 3. The van der Waals surface area contributed by atoms with E-state index in [4.69, 9.17) is 4.99 Å². The van der Waals surface area contributed by atoms with Crippen LogP contribution in [0.2, 0.25) is 0 Å². The zero-order valence-corrected chi connectivity index (χ0v) is 20.5. The molecule has 0 saturated carbocycles. The van der Waals surface area contributed by atoms with Crippen molar-refractivity contribution >= 4 is 41.8 Å². The van der Waals surface area contributed by atoms with Crippen molar-refractivity contribution in [2.45, 2.75) is 33.7 Å². The molecule has 7 nitrogen and oxygen atoms in total. The summed E-state index contributed by atoms with van der Waals surface area (Å²) < 4.78 is 0. The lowest BCUT2D eigenvalue weighted by atomic mass is 9.92. The van der Waals surface area contributed by atoms with Gasteiger partial charge in [0.1, 0.15) is 0 Å². The highest BCUT2D eigenvalue weighted by Gasteiger charge is 2.24. The van der Waals surface area contributed by atoms with E-state index in [9.17, 15) is 9.59 Å². The largest absolute Gasteiger partial charge is 0.357 e. The topological polar surface area (TPSA) is 77.0 Å². The Balaban J connectivity index is 0.00000320. The maximum Gasteiger partial charge on any atom is 0.254 e. The zero-order chi connectivity index (χ0) is 20.8. The Kier molecular flexibility index (Phi) is 9.38. The van der Waals surface area contributed by atoms with Gasteiger partial charge in [-0.05, 0) is 42.9 Å². The Morgan fingerprint density at radius 2 is 1.83 bits per heavy atom. The van der Waals surface area contributed by atoms with Gasteiger partial charge in [0, 0.05) is 38.3 Å². The first-order chi connectivity index (χ1) is 14.0. The Bertz CT molecular complexity index is 742. The molecule has 2 saturated heterocycles. The molecule has 1 aromatic carbocycles. The number of piperidine rings is 1. The maximum absolute atomic E-state index is 12.6. The summed E-state index contributed by atoms with van der Waals surface area (Å²) in [6.45, 7) is 11.4. The van der Waals surface area contributed by atoms with Crippen LogP contribution in [0.5, 0.6) is 0 Å². The van der Waals surface area contributed by atoms with Crippen LogP contribution in [-0.2, 0) is 11.3 Å². The predicted molar refractivity (Wildman–Crippen MR) is 130 cm³/mol. The van der Waals surface area contributed by atoms with Crippen molar-refractivity contribution in [1.29, 1.82) is 0 Å². The van der Waals surface area contributed by atoms with Crippen LogP contribution in [-0.4, -0.2) is 66.8 Å². The smallest absolute Gasteiger partial charge is 0.254 e. The molecule has 0 aromatic heterocycles. The van der Waals surface area contributed by atoms with Crippen molar-refractivity contribution < 1.29 is 9.59 Å². The molecule has 2 atom stereocenters. The van der Waals surface area contributed by atoms with Crippen LogP contribution in [0.15, 0.2) is 29.3 Å². The average molecular weight is 527 g/mol. The van der Waals surface area contributed by atoms with Crippen molar-refractivity contribution in [1.82, 2.24) is 20.4 Å². The fourth-order valence-electron chi connectivity index (χ4n) is 4.18. The van der Waals surface area contributed by atoms with Crippen molar-refractivity contribution in [3.63, 3.8) is 0 Å². The predicted octanol–water partition coefficient (Wildman–Crippen LogP) is 2.32. The molecule has 2 heterocycles. The molecule has 2 amide bonds. The summed E-state index contributed by atoms with van der Waals surface area (Å²) in [5.41, 5.74) is 1.67. The third-order valence-corrected chi connectivity index (χ3v) is 5.44. The van der Waals surface area contributed by atoms with Crippen LogP contribution < -0.4 is 10.6 Å². The van der Waals surface area contributed by atoms with Crippen LogP contribution in [0.4, 0.5) is 0 Å². The van der Waals surface area contributed by atoms with E-state index < -0.39 is 0 Å². The van der Waals surface area contributed by atoms with E-state index in [1.165, 1.54) is 6.42 Å². The number of hydrogen-bond acceptors (Lipinski definition) is 3. The molecule has 2 unspecified atom stereocenters. The molecule has 0 radical (unpaired) electrons. The van der Waals surface area contributed by atoms with E-state index >= 15 is 0 Å². The standard InChI is InChI=1S/C22H33N5O2.HI/c1-4-23-22(27-13-16(2)11-17(3)14-27)25-12-18-5-7-19(8-6-18)21(29)26-10-9-24-20(28)15-26;/h5-8,16-17H,4,9-15H2,1-3H3,(H,23,25)(H,24,28);1H. The number of aliphatic imine (C=N–C) groups is 1. The summed E-state index contributed by atoms with van der Waals surface area (Å²) in [4.78, 5) is 32.9. The number of hydrogen-bond donors (Lipinski definition) is 2. The monoisotopic (exact) mass is 527 g/mol. The van der Waals surface area contributed by atoms with Crippen LogP contribution in [0.3, 0.4) is 0 Å². The minimum Gasteiger partial charge on any atom is -0.357 e. The van der Waals surface area contributed by atoms with Crippen LogP contribution >= 0.6 is 24.0 Å². The number of piperazine rings is 1. The van der Waals surface area contributed by atoms with Gasteiger partial charge in [-0.15, -0.1) is 24.0 Å². The summed E-state index contributed by atoms with van der Waals surface area (Å²) in [5, 5.41) is 6.16. The van der Waals surface area contributed by atoms with Crippen LogP contribution in [0.25, 0.3) is 0 Å². The Morgan fingerprint density at radius 1 is 1.17 bits per heavy atom. The Labute approximate surface area is 196 Å². The van der Waals surface area contributed by atoms with Gasteiger partial charge >= 0.3 is 0 Å². The van der Waals surface area contributed by atoms with Gasteiger partial charge < -0.3 is 20.4 Å². The molecule has 2 fully saturated rings.